The van der Waals surface area contributed by atoms with Crippen molar-refractivity contribution in [3.8, 4) is 0 Å². The fourth-order valence-electron chi connectivity index (χ4n) is 2.10. The van der Waals surface area contributed by atoms with Gasteiger partial charge in [0.25, 0.3) is 0 Å². The first-order valence-electron chi connectivity index (χ1n) is 5.90. The molecule has 0 radical (unpaired) electrons. The zero-order valence-electron chi connectivity index (χ0n) is 9.92. The van der Waals surface area contributed by atoms with Crippen LogP contribution in [0.1, 0.15) is 31.4 Å². The van der Waals surface area contributed by atoms with Crippen LogP contribution < -0.4 is 5.46 Å². The van der Waals surface area contributed by atoms with Gasteiger partial charge in [0.05, 0.1) is 6.61 Å². The highest BCUT2D eigenvalue weighted by Gasteiger charge is 2.22. The summed E-state index contributed by atoms with van der Waals surface area (Å²) in [7, 11) is 0. The summed E-state index contributed by atoms with van der Waals surface area (Å²) in [6.45, 7) is 7.77. The minimum absolute atomic E-state index is 0.291. The zero-order chi connectivity index (χ0) is 10.8. The third-order valence-corrected chi connectivity index (χ3v) is 3.14. The van der Waals surface area contributed by atoms with Crippen LogP contribution in [-0.2, 0) is 17.7 Å². The highest BCUT2D eigenvalue weighted by molar-refractivity contribution is 6.67. The van der Waals surface area contributed by atoms with Crippen molar-refractivity contribution in [2.75, 3.05) is 0 Å². The quantitative estimate of drug-likeness (QED) is 0.684. The molecule has 0 unspecified atom stereocenters. The molecule has 0 aliphatic carbocycles. The lowest BCUT2D eigenvalue weighted by atomic mass is 9.64. The maximum atomic E-state index is 5.60. The molecule has 0 atom stereocenters. The number of hydrogen-bond acceptors (Lipinski definition) is 1. The van der Waals surface area contributed by atoms with Gasteiger partial charge in [-0.2, -0.15) is 0 Å². The van der Waals surface area contributed by atoms with Crippen LogP contribution in [0.2, 0.25) is 6.82 Å². The van der Waals surface area contributed by atoms with Gasteiger partial charge in [-0.3, -0.25) is 0 Å². The van der Waals surface area contributed by atoms with Crippen molar-refractivity contribution in [2.24, 2.45) is 5.92 Å². The summed E-state index contributed by atoms with van der Waals surface area (Å²) < 4.78 is 5.60. The molecule has 0 fully saturated rings. The molecule has 0 N–H and O–H groups in total. The lowest BCUT2D eigenvalue weighted by Gasteiger charge is -2.06. The summed E-state index contributed by atoms with van der Waals surface area (Å²) in [4.78, 5) is 0. The standard InChI is InChI=1S/C13H19BO/c1-10(2)4-5-11-6-7-13-12(8-11)9-15-14(13)3/h6-8,10H,4-5,9H2,1-3H3. The van der Waals surface area contributed by atoms with E-state index >= 15 is 0 Å². The molecule has 0 saturated carbocycles. The number of benzene rings is 1. The monoisotopic (exact) mass is 202 g/mol. The lowest BCUT2D eigenvalue weighted by Crippen LogP contribution is -2.24. The van der Waals surface area contributed by atoms with Gasteiger partial charge < -0.3 is 4.65 Å². The summed E-state index contributed by atoms with van der Waals surface area (Å²) in [6.07, 6.45) is 2.47. The highest BCUT2D eigenvalue weighted by Crippen LogP contribution is 2.15. The Hall–Kier alpha value is -0.755. The van der Waals surface area contributed by atoms with E-state index < -0.39 is 0 Å². The Morgan fingerprint density at radius 2 is 2.20 bits per heavy atom. The smallest absolute Gasteiger partial charge is 0.324 e. The van der Waals surface area contributed by atoms with Crippen molar-refractivity contribution in [1.29, 1.82) is 0 Å². The fourth-order valence-corrected chi connectivity index (χ4v) is 2.10. The Bertz CT molecular complexity index is 346. The predicted molar refractivity (Wildman–Crippen MR) is 65.6 cm³/mol. The van der Waals surface area contributed by atoms with Crippen molar-refractivity contribution in [1.82, 2.24) is 0 Å². The van der Waals surface area contributed by atoms with E-state index in [-0.39, 0.29) is 0 Å². The van der Waals surface area contributed by atoms with E-state index in [4.69, 9.17) is 4.65 Å². The van der Waals surface area contributed by atoms with Crippen molar-refractivity contribution in [3.05, 3.63) is 29.3 Å². The van der Waals surface area contributed by atoms with E-state index in [0.717, 1.165) is 12.5 Å². The zero-order valence-corrected chi connectivity index (χ0v) is 9.92. The molecule has 0 aromatic heterocycles. The Labute approximate surface area is 93.0 Å². The molecule has 2 heteroatoms. The summed E-state index contributed by atoms with van der Waals surface area (Å²) in [5, 5.41) is 0. The van der Waals surface area contributed by atoms with Crippen LogP contribution in [0.5, 0.6) is 0 Å². The Kier molecular flexibility index (Phi) is 3.15. The number of rotatable bonds is 3. The van der Waals surface area contributed by atoms with Crippen LogP contribution in [0.4, 0.5) is 0 Å². The van der Waals surface area contributed by atoms with Gasteiger partial charge in [-0.15, -0.1) is 0 Å². The van der Waals surface area contributed by atoms with E-state index in [0.29, 0.717) is 6.92 Å². The molecular formula is C13H19BO. The molecule has 1 heterocycles. The summed E-state index contributed by atoms with van der Waals surface area (Å²) in [5.41, 5.74) is 4.23. The van der Waals surface area contributed by atoms with Gasteiger partial charge in [0.15, 0.2) is 0 Å². The van der Waals surface area contributed by atoms with E-state index in [1.54, 1.807) is 0 Å². The molecule has 0 saturated heterocycles. The average molecular weight is 202 g/mol. The topological polar surface area (TPSA) is 9.23 Å². The molecular weight excluding hydrogens is 183 g/mol. The van der Waals surface area contributed by atoms with Gasteiger partial charge in [0.2, 0.25) is 0 Å². The first kappa shape index (κ1) is 10.8. The van der Waals surface area contributed by atoms with Crippen LogP contribution in [-0.4, -0.2) is 6.92 Å². The SMILES string of the molecule is CB1OCc2cc(CCC(C)C)ccc21. The Morgan fingerprint density at radius 3 is 2.93 bits per heavy atom. The van der Waals surface area contributed by atoms with Gasteiger partial charge in [-0.1, -0.05) is 38.9 Å². The van der Waals surface area contributed by atoms with Crippen LogP contribution in [0.25, 0.3) is 0 Å². The average Bonchev–Trinajstić information content (AvgIpc) is 2.57. The Balaban J connectivity index is 2.09. The van der Waals surface area contributed by atoms with Gasteiger partial charge in [-0.25, -0.2) is 0 Å². The second-order valence-corrected chi connectivity index (χ2v) is 4.92. The first-order valence-corrected chi connectivity index (χ1v) is 5.90. The first-order chi connectivity index (χ1) is 7.16. The van der Waals surface area contributed by atoms with Gasteiger partial charge in [-0.05, 0) is 35.3 Å². The predicted octanol–water partition coefficient (Wildman–Crippen LogP) is 2.63. The van der Waals surface area contributed by atoms with Crippen LogP contribution in [0, 0.1) is 5.92 Å². The van der Waals surface area contributed by atoms with Crippen molar-refractivity contribution < 1.29 is 4.65 Å². The normalized spacial score (nSPS) is 14.8. The van der Waals surface area contributed by atoms with E-state index in [1.807, 2.05) is 0 Å². The summed E-state index contributed by atoms with van der Waals surface area (Å²) in [5.74, 6) is 0.786. The molecule has 0 amide bonds. The third kappa shape index (κ3) is 2.43. The molecule has 0 spiro atoms. The Morgan fingerprint density at radius 1 is 1.40 bits per heavy atom. The summed E-state index contributed by atoms with van der Waals surface area (Å²) >= 11 is 0. The molecule has 80 valence electrons. The van der Waals surface area contributed by atoms with Crippen molar-refractivity contribution >= 4 is 12.4 Å². The fraction of sp³-hybridized carbons (Fsp3) is 0.538. The van der Waals surface area contributed by atoms with Crippen LogP contribution in [0.15, 0.2) is 18.2 Å². The van der Waals surface area contributed by atoms with E-state index in [1.165, 1.54) is 29.4 Å². The molecule has 15 heavy (non-hydrogen) atoms. The number of hydrogen-bond donors (Lipinski definition) is 0. The molecule has 0 bridgehead atoms. The largest absolute Gasteiger partial charge is 0.427 e. The van der Waals surface area contributed by atoms with E-state index in [9.17, 15) is 0 Å². The third-order valence-electron chi connectivity index (χ3n) is 3.14. The second kappa shape index (κ2) is 4.40. The molecule has 1 aromatic rings. The van der Waals surface area contributed by atoms with Gasteiger partial charge in [0, 0.05) is 0 Å². The van der Waals surface area contributed by atoms with Gasteiger partial charge >= 0.3 is 6.92 Å². The molecule has 1 aliphatic rings. The maximum absolute atomic E-state index is 5.60. The molecule has 1 aliphatic heterocycles. The van der Waals surface area contributed by atoms with Crippen LogP contribution in [0.3, 0.4) is 0 Å². The minimum atomic E-state index is 0.291. The summed E-state index contributed by atoms with van der Waals surface area (Å²) in [6, 6.07) is 6.82. The highest BCUT2D eigenvalue weighted by atomic mass is 16.4. The van der Waals surface area contributed by atoms with Crippen LogP contribution >= 0.6 is 0 Å². The number of fused-ring (bicyclic) bond motifs is 1. The molecule has 1 aromatic carbocycles. The molecule has 2 rings (SSSR count). The van der Waals surface area contributed by atoms with E-state index in [2.05, 4.69) is 38.9 Å². The second-order valence-electron chi connectivity index (χ2n) is 4.92. The van der Waals surface area contributed by atoms with Crippen molar-refractivity contribution in [3.63, 3.8) is 0 Å². The molecule has 1 nitrogen and oxygen atoms in total. The number of aryl methyl sites for hydroxylation is 1. The van der Waals surface area contributed by atoms with Crippen molar-refractivity contribution in [2.45, 2.75) is 40.1 Å². The van der Waals surface area contributed by atoms with Gasteiger partial charge in [0.1, 0.15) is 0 Å². The maximum Gasteiger partial charge on any atom is 0.324 e. The minimum Gasteiger partial charge on any atom is -0.427 e. The lowest BCUT2D eigenvalue weighted by molar-refractivity contribution is 0.333.